The summed E-state index contributed by atoms with van der Waals surface area (Å²) < 4.78 is 6.20. The Morgan fingerprint density at radius 2 is 1.68 bits per heavy atom. The van der Waals surface area contributed by atoms with Crippen LogP contribution in [0.2, 0.25) is 0 Å². The smallest absolute Gasteiger partial charge is 0.407 e. The van der Waals surface area contributed by atoms with E-state index in [4.69, 9.17) is 10.5 Å². The van der Waals surface area contributed by atoms with E-state index in [1.807, 2.05) is 12.1 Å². The van der Waals surface area contributed by atoms with Crippen LogP contribution in [0.3, 0.4) is 0 Å². The van der Waals surface area contributed by atoms with Crippen LogP contribution >= 0.6 is 12.4 Å². The normalized spacial score (nSPS) is 21.6. The molecule has 2 aliphatic carbocycles. The summed E-state index contributed by atoms with van der Waals surface area (Å²) in [7, 11) is 1.38. The van der Waals surface area contributed by atoms with E-state index in [1.54, 1.807) is 35.9 Å². The van der Waals surface area contributed by atoms with Gasteiger partial charge in [0.25, 0.3) is 0 Å². The van der Waals surface area contributed by atoms with Crippen molar-refractivity contribution in [2.24, 2.45) is 5.73 Å². The molecule has 1 aromatic heterocycles. The number of halogens is 1. The average Bonchev–Trinajstić information content (AvgIpc) is 3.42. The highest BCUT2D eigenvalue weighted by atomic mass is 35.5. The van der Waals surface area contributed by atoms with E-state index < -0.39 is 11.2 Å². The van der Waals surface area contributed by atoms with Crippen LogP contribution in [0, 0.1) is 0 Å². The molecule has 44 heavy (non-hydrogen) atoms. The van der Waals surface area contributed by atoms with E-state index >= 15 is 0 Å². The number of hydrogen-bond donors (Lipinski definition) is 4. The van der Waals surface area contributed by atoms with Crippen molar-refractivity contribution >= 4 is 36.3 Å². The molecule has 3 atom stereocenters. The molecule has 1 unspecified atom stereocenters. The number of alkyl carbamates (subject to hydrolysis) is 1. The van der Waals surface area contributed by atoms with Gasteiger partial charge in [-0.15, -0.1) is 12.4 Å². The summed E-state index contributed by atoms with van der Waals surface area (Å²) in [5.41, 5.74) is 7.69. The van der Waals surface area contributed by atoms with Gasteiger partial charge in [-0.3, -0.25) is 14.7 Å². The summed E-state index contributed by atoms with van der Waals surface area (Å²) in [6, 6.07) is 8.17. The molecule has 0 radical (unpaired) electrons. The lowest BCUT2D eigenvalue weighted by molar-refractivity contribution is -0.137. The summed E-state index contributed by atoms with van der Waals surface area (Å²) in [5, 5.41) is 9.38. The first-order valence-corrected chi connectivity index (χ1v) is 15.0. The van der Waals surface area contributed by atoms with Crippen molar-refractivity contribution in [1.82, 2.24) is 30.0 Å². The number of methoxy groups -OCH3 is 1. The topological polar surface area (TPSA) is 164 Å². The number of carbonyl (C=O) groups excluding carboxylic acids is 3. The van der Waals surface area contributed by atoms with E-state index in [9.17, 15) is 19.2 Å². The van der Waals surface area contributed by atoms with E-state index in [-0.39, 0.29) is 42.3 Å². The van der Waals surface area contributed by atoms with Gasteiger partial charge in [0.15, 0.2) is 0 Å². The standard InChI is InChI=1S/C30H42N8O5.ClH/c1-30(2,31)26(39)36-12-14-37(15-13-36)27(40)34-25-10-11-38(28(41)35-25)24-9-5-19-16-21(6-4-20(19)17-24)32-22-7-8-23(18-22)33-29(42)43-3;/h5,9-11,17,21-23,32H,4,6-8,12-16,18,31H2,1-3H3,(H,33,42)(H,34,35,40,41);1H/t21?,22-,23-;/m0./s1. The third-order valence-corrected chi connectivity index (χ3v) is 8.55. The van der Waals surface area contributed by atoms with Crippen LogP contribution in [-0.2, 0) is 22.4 Å². The van der Waals surface area contributed by atoms with Crippen molar-refractivity contribution in [3.8, 4) is 5.69 Å². The second-order valence-electron chi connectivity index (χ2n) is 12.3. The van der Waals surface area contributed by atoms with Gasteiger partial charge in [-0.05, 0) is 81.7 Å². The molecule has 2 fully saturated rings. The van der Waals surface area contributed by atoms with Gasteiger partial charge in [-0.2, -0.15) is 4.98 Å². The fraction of sp³-hybridized carbons (Fsp3) is 0.567. The number of carbonyl (C=O) groups is 3. The number of piperazine rings is 1. The Labute approximate surface area is 263 Å². The molecule has 5 N–H and O–H groups in total. The number of nitrogens with one attached hydrogen (secondary N) is 3. The number of rotatable bonds is 6. The highest BCUT2D eigenvalue weighted by Gasteiger charge is 2.32. The van der Waals surface area contributed by atoms with E-state index in [0.29, 0.717) is 38.3 Å². The minimum Gasteiger partial charge on any atom is -0.453 e. The third kappa shape index (κ3) is 7.88. The molecule has 4 amide bonds. The Hall–Kier alpha value is -3.68. The quantitative estimate of drug-likeness (QED) is 0.375. The van der Waals surface area contributed by atoms with Gasteiger partial charge in [0.1, 0.15) is 5.82 Å². The number of nitrogens with zero attached hydrogens (tertiary/aromatic N) is 4. The van der Waals surface area contributed by atoms with E-state index in [2.05, 4.69) is 27.0 Å². The highest BCUT2D eigenvalue weighted by Crippen LogP contribution is 2.27. The minimum absolute atomic E-state index is 0. The number of urea groups is 1. The number of nitrogens with two attached hydrogens (primary N) is 1. The monoisotopic (exact) mass is 630 g/mol. The fourth-order valence-electron chi connectivity index (χ4n) is 6.23. The number of ether oxygens (including phenoxy) is 1. The number of aryl methyl sites for hydroxylation is 1. The molecule has 1 aliphatic heterocycles. The van der Waals surface area contributed by atoms with Gasteiger partial charge >= 0.3 is 17.8 Å². The number of benzene rings is 1. The highest BCUT2D eigenvalue weighted by molar-refractivity contribution is 5.89. The van der Waals surface area contributed by atoms with Crippen LogP contribution in [0.25, 0.3) is 5.69 Å². The Balaban J connectivity index is 0.00000442. The molecule has 1 saturated carbocycles. The lowest BCUT2D eigenvalue weighted by atomic mass is 9.87. The van der Waals surface area contributed by atoms with Crippen LogP contribution in [0.4, 0.5) is 15.4 Å². The van der Waals surface area contributed by atoms with Crippen molar-refractivity contribution in [2.75, 3.05) is 38.6 Å². The number of anilines is 1. The Kier molecular flexibility index (Phi) is 10.5. The van der Waals surface area contributed by atoms with Crippen molar-refractivity contribution in [3.05, 3.63) is 52.1 Å². The van der Waals surface area contributed by atoms with Gasteiger partial charge in [0.2, 0.25) is 5.91 Å². The van der Waals surface area contributed by atoms with Crippen LogP contribution in [0.1, 0.15) is 50.7 Å². The van der Waals surface area contributed by atoms with E-state index in [1.165, 1.54) is 22.8 Å². The van der Waals surface area contributed by atoms with Crippen LogP contribution < -0.4 is 27.4 Å². The molecule has 0 spiro atoms. The van der Waals surface area contributed by atoms with Crippen LogP contribution in [0.5, 0.6) is 0 Å². The first kappa shape index (κ1) is 33.2. The summed E-state index contributed by atoms with van der Waals surface area (Å²) >= 11 is 0. The maximum Gasteiger partial charge on any atom is 0.407 e. The Bertz CT molecular complexity index is 1420. The summed E-state index contributed by atoms with van der Waals surface area (Å²) in [4.78, 5) is 57.0. The first-order valence-electron chi connectivity index (χ1n) is 15.0. The van der Waals surface area contributed by atoms with Gasteiger partial charge in [0.05, 0.1) is 18.3 Å². The fourth-order valence-corrected chi connectivity index (χ4v) is 6.23. The molecule has 3 aliphatic rings. The maximum absolute atomic E-state index is 12.9. The molecule has 1 saturated heterocycles. The zero-order chi connectivity index (χ0) is 30.7. The molecule has 0 bridgehead atoms. The van der Waals surface area contributed by atoms with E-state index in [0.717, 1.165) is 44.2 Å². The Morgan fingerprint density at radius 1 is 0.977 bits per heavy atom. The number of fused-ring (bicyclic) bond motifs is 1. The van der Waals surface area contributed by atoms with Crippen LogP contribution in [0.15, 0.2) is 35.3 Å². The lowest BCUT2D eigenvalue weighted by Gasteiger charge is -2.37. The molecule has 1 aromatic carbocycles. The van der Waals surface area contributed by atoms with Crippen molar-refractivity contribution in [1.29, 1.82) is 0 Å². The number of amides is 4. The number of hydrogen-bond acceptors (Lipinski definition) is 8. The Morgan fingerprint density at radius 3 is 2.36 bits per heavy atom. The van der Waals surface area contributed by atoms with Crippen molar-refractivity contribution in [2.45, 2.75) is 76.0 Å². The van der Waals surface area contributed by atoms with Gasteiger partial charge < -0.3 is 30.9 Å². The van der Waals surface area contributed by atoms with Crippen molar-refractivity contribution < 1.29 is 19.1 Å². The molecule has 13 nitrogen and oxygen atoms in total. The molecular weight excluding hydrogens is 588 g/mol. The SMILES string of the molecule is COC(=O)N[C@H]1CC[C@H](NC2CCc3cc(-n4ccc(NC(=O)N5CCN(C(=O)C(C)(C)N)CC5)nc4=O)ccc3C2)C1.Cl. The number of aromatic nitrogens is 2. The largest absolute Gasteiger partial charge is 0.453 e. The van der Waals surface area contributed by atoms with Gasteiger partial charge in [0, 0.05) is 50.5 Å². The second kappa shape index (κ2) is 14.0. The molecule has 14 heteroatoms. The zero-order valence-corrected chi connectivity index (χ0v) is 26.3. The van der Waals surface area contributed by atoms with Gasteiger partial charge in [-0.25, -0.2) is 14.4 Å². The second-order valence-corrected chi connectivity index (χ2v) is 12.3. The van der Waals surface area contributed by atoms with Crippen molar-refractivity contribution in [3.63, 3.8) is 0 Å². The van der Waals surface area contributed by atoms with Crippen LogP contribution in [-0.4, -0.2) is 94.3 Å². The lowest BCUT2D eigenvalue weighted by Crippen LogP contribution is -2.58. The predicted molar refractivity (Wildman–Crippen MR) is 168 cm³/mol. The molecule has 240 valence electrons. The summed E-state index contributed by atoms with van der Waals surface area (Å²) in [6.45, 7) is 4.86. The molecular formula is C30H43ClN8O5. The maximum atomic E-state index is 12.9. The van der Waals surface area contributed by atoms with Gasteiger partial charge in [-0.1, -0.05) is 6.07 Å². The summed E-state index contributed by atoms with van der Waals surface area (Å²) in [5.74, 6) is 0.0285. The first-order chi connectivity index (χ1) is 20.5. The zero-order valence-electron chi connectivity index (χ0n) is 25.5. The minimum atomic E-state index is -0.956. The predicted octanol–water partition coefficient (Wildman–Crippen LogP) is 1.79. The molecule has 2 heterocycles. The third-order valence-electron chi connectivity index (χ3n) is 8.55. The average molecular weight is 631 g/mol. The molecule has 2 aromatic rings. The molecule has 5 rings (SSSR count). The summed E-state index contributed by atoms with van der Waals surface area (Å²) in [6.07, 6.45) is 6.91.